The number of para-hydroxylation sites is 2. The molecular formula is C62H50FN4OPt-3. The van der Waals surface area contributed by atoms with E-state index >= 15 is 0 Å². The van der Waals surface area contributed by atoms with E-state index < -0.39 is 0 Å². The number of nitrogens with zero attached hydrogens (tertiary/aromatic N) is 4. The minimum atomic E-state index is -0.302. The van der Waals surface area contributed by atoms with E-state index in [0.717, 1.165) is 89.3 Å². The SMILES string of the molecule is CC(C)(C)c1cccc(-c2cccc3c2N(c2c(-c4ccccc4)cccc2-c2ccccc2)[CH-]N3c2[c-]c(Oc3[c-]c4c(cc3)c3cc(F)ccc3n4-c3cc(C(C)(C)C)ccn3)ccc2)c1.[Pt]. The first-order chi connectivity index (χ1) is 32.9. The third-order valence-electron chi connectivity index (χ3n) is 12.9. The van der Waals surface area contributed by atoms with Gasteiger partial charge in [0.1, 0.15) is 11.6 Å². The maximum absolute atomic E-state index is 14.8. The monoisotopic (exact) mass is 1080 g/mol. The molecule has 0 N–H and O–H groups in total. The first kappa shape index (κ1) is 45.5. The Balaban J connectivity index is 0.00000553. The number of hydrogen-bond donors (Lipinski definition) is 0. The van der Waals surface area contributed by atoms with E-state index in [1.165, 1.54) is 11.6 Å². The molecule has 0 fully saturated rings. The summed E-state index contributed by atoms with van der Waals surface area (Å²) in [4.78, 5) is 9.39. The molecule has 2 aromatic heterocycles. The molecule has 1 aliphatic heterocycles. The van der Waals surface area contributed by atoms with Gasteiger partial charge < -0.3 is 19.1 Å². The summed E-state index contributed by atoms with van der Waals surface area (Å²) < 4.78 is 23.6. The van der Waals surface area contributed by atoms with Crippen LogP contribution in [0.15, 0.2) is 188 Å². The summed E-state index contributed by atoms with van der Waals surface area (Å²) in [6, 6.07) is 69.4. The van der Waals surface area contributed by atoms with E-state index in [1.807, 2.05) is 47.2 Å². The third-order valence-corrected chi connectivity index (χ3v) is 12.9. The van der Waals surface area contributed by atoms with Crippen LogP contribution in [0, 0.1) is 24.6 Å². The molecule has 1 aliphatic rings. The van der Waals surface area contributed by atoms with Crippen molar-refractivity contribution < 1.29 is 30.2 Å². The number of pyridine rings is 1. The van der Waals surface area contributed by atoms with Gasteiger partial charge in [-0.25, -0.2) is 9.37 Å². The molecule has 0 bridgehead atoms. The summed E-state index contributed by atoms with van der Waals surface area (Å²) in [5, 5.41) is 1.63. The van der Waals surface area contributed by atoms with Crippen LogP contribution in [0.4, 0.5) is 27.1 Å². The summed E-state index contributed by atoms with van der Waals surface area (Å²) >= 11 is 0. The van der Waals surface area contributed by atoms with E-state index in [0.29, 0.717) is 11.5 Å². The van der Waals surface area contributed by atoms with Crippen molar-refractivity contribution >= 4 is 44.6 Å². The fourth-order valence-electron chi connectivity index (χ4n) is 9.42. The molecule has 8 aromatic carbocycles. The van der Waals surface area contributed by atoms with Gasteiger partial charge in [-0.2, -0.15) is 12.1 Å². The molecule has 10 aromatic rings. The Kier molecular flexibility index (Phi) is 11.9. The number of halogens is 1. The summed E-state index contributed by atoms with van der Waals surface area (Å²) in [6.07, 6.45) is 1.83. The van der Waals surface area contributed by atoms with Crippen molar-refractivity contribution in [1.29, 1.82) is 0 Å². The fraction of sp³-hybridized carbons (Fsp3) is 0.129. The summed E-state index contributed by atoms with van der Waals surface area (Å²) in [7, 11) is 0. The van der Waals surface area contributed by atoms with Gasteiger partial charge in [0.05, 0.1) is 0 Å². The Morgan fingerprint density at radius 1 is 0.522 bits per heavy atom. The number of hydrogen-bond acceptors (Lipinski definition) is 4. The quantitative estimate of drug-likeness (QED) is 0.142. The van der Waals surface area contributed by atoms with Crippen LogP contribution in [0.25, 0.3) is 61.0 Å². The molecule has 11 rings (SSSR count). The van der Waals surface area contributed by atoms with E-state index in [9.17, 15) is 4.39 Å². The van der Waals surface area contributed by atoms with Gasteiger partial charge in [-0.15, -0.1) is 48.1 Å². The Morgan fingerprint density at radius 3 is 1.83 bits per heavy atom. The maximum atomic E-state index is 14.8. The molecule has 0 saturated heterocycles. The third kappa shape index (κ3) is 8.53. The van der Waals surface area contributed by atoms with Crippen molar-refractivity contribution in [1.82, 2.24) is 9.55 Å². The van der Waals surface area contributed by atoms with Gasteiger partial charge in [-0.05, 0) is 80.4 Å². The minimum absolute atomic E-state index is 0. The fourth-order valence-corrected chi connectivity index (χ4v) is 9.42. The van der Waals surface area contributed by atoms with Gasteiger partial charge in [0.2, 0.25) is 0 Å². The molecule has 0 unspecified atom stereocenters. The topological polar surface area (TPSA) is 33.5 Å². The maximum Gasteiger partial charge on any atom is 0.135 e. The molecule has 0 spiro atoms. The van der Waals surface area contributed by atoms with Gasteiger partial charge >= 0.3 is 0 Å². The van der Waals surface area contributed by atoms with Crippen LogP contribution in [0.1, 0.15) is 52.7 Å². The Bertz CT molecular complexity index is 3460. The first-order valence-electron chi connectivity index (χ1n) is 23.1. The van der Waals surface area contributed by atoms with Crippen LogP contribution in [0.3, 0.4) is 0 Å². The van der Waals surface area contributed by atoms with Crippen molar-refractivity contribution in [3.05, 3.63) is 224 Å². The zero-order chi connectivity index (χ0) is 46.7. The molecule has 69 heavy (non-hydrogen) atoms. The summed E-state index contributed by atoms with van der Waals surface area (Å²) in [5.74, 6) is 1.45. The molecule has 0 saturated carbocycles. The molecular weight excluding hydrogens is 1030 g/mol. The van der Waals surface area contributed by atoms with Crippen LogP contribution in [0.2, 0.25) is 0 Å². The molecule has 0 radical (unpaired) electrons. The van der Waals surface area contributed by atoms with Crippen LogP contribution in [-0.4, -0.2) is 9.55 Å². The van der Waals surface area contributed by atoms with Gasteiger partial charge in [0, 0.05) is 78.0 Å². The van der Waals surface area contributed by atoms with E-state index in [4.69, 9.17) is 9.72 Å². The Hall–Kier alpha value is -7.27. The van der Waals surface area contributed by atoms with E-state index in [2.05, 4.69) is 204 Å². The number of benzene rings is 8. The number of aromatic nitrogens is 2. The van der Waals surface area contributed by atoms with Gasteiger partial charge in [-0.3, -0.25) is 0 Å². The molecule has 344 valence electrons. The summed E-state index contributed by atoms with van der Waals surface area (Å²) in [6.45, 7) is 15.5. The van der Waals surface area contributed by atoms with Crippen LogP contribution in [0.5, 0.6) is 11.5 Å². The van der Waals surface area contributed by atoms with Crippen LogP contribution >= 0.6 is 0 Å². The predicted molar refractivity (Wildman–Crippen MR) is 278 cm³/mol. The second-order valence-corrected chi connectivity index (χ2v) is 19.5. The van der Waals surface area contributed by atoms with Crippen molar-refractivity contribution in [3.8, 4) is 50.7 Å². The van der Waals surface area contributed by atoms with Gasteiger partial charge in [-0.1, -0.05) is 162 Å². The standard InChI is InChI=1S/C62H50FN4O.Pt/c1-61(2,3)44-22-13-21-43(35-44)52-27-16-28-56-60(52)66(59-50(41-17-9-7-10-18-41)25-15-26-51(59)42-19-11-8-12-20-42)40-65(56)47-23-14-24-48(38-47)68-49-30-31-53-54-37-46(63)29-32-55(54)67(57(53)39-49)58-36-45(33-34-64-58)62(4,5)6;/h7-37,40H,1-6H3;/q-3;. The van der Waals surface area contributed by atoms with Crippen LogP contribution < -0.4 is 14.5 Å². The second-order valence-electron chi connectivity index (χ2n) is 19.5. The van der Waals surface area contributed by atoms with Gasteiger partial charge in [0.25, 0.3) is 0 Å². The van der Waals surface area contributed by atoms with Crippen LogP contribution in [-0.2, 0) is 31.9 Å². The summed E-state index contributed by atoms with van der Waals surface area (Å²) in [5.41, 5.74) is 14.5. The van der Waals surface area contributed by atoms with Crippen molar-refractivity contribution in [3.63, 3.8) is 0 Å². The van der Waals surface area contributed by atoms with Crippen molar-refractivity contribution in [2.24, 2.45) is 0 Å². The average Bonchev–Trinajstić information content (AvgIpc) is 3.89. The normalized spacial score (nSPS) is 12.6. The zero-order valence-electron chi connectivity index (χ0n) is 39.4. The second kappa shape index (κ2) is 18.0. The molecule has 5 nitrogen and oxygen atoms in total. The van der Waals surface area contributed by atoms with E-state index in [-0.39, 0.29) is 37.7 Å². The number of fused-ring (bicyclic) bond motifs is 4. The molecule has 0 atom stereocenters. The average molecular weight is 1080 g/mol. The first-order valence-corrected chi connectivity index (χ1v) is 23.1. The number of ether oxygens (including phenoxy) is 1. The molecule has 7 heteroatoms. The smallest absolute Gasteiger partial charge is 0.135 e. The molecule has 0 amide bonds. The largest absolute Gasteiger partial charge is 0.509 e. The molecule has 3 heterocycles. The number of anilines is 4. The Morgan fingerprint density at radius 2 is 1.13 bits per heavy atom. The van der Waals surface area contributed by atoms with Crippen molar-refractivity contribution in [2.75, 3.05) is 9.80 Å². The molecule has 0 aliphatic carbocycles. The zero-order valence-corrected chi connectivity index (χ0v) is 41.6. The number of rotatable bonds is 8. The van der Waals surface area contributed by atoms with E-state index in [1.54, 1.807) is 6.07 Å². The minimum Gasteiger partial charge on any atom is -0.509 e. The predicted octanol–water partition coefficient (Wildman–Crippen LogP) is 16.7. The van der Waals surface area contributed by atoms with Crippen molar-refractivity contribution in [2.45, 2.75) is 52.4 Å². The Labute approximate surface area is 418 Å². The van der Waals surface area contributed by atoms with Gasteiger partial charge in [0.15, 0.2) is 0 Å².